The number of aliphatic hydroxyl groups is 1. The number of imidazole rings is 1. The maximum atomic E-state index is 8.58. The lowest BCUT2D eigenvalue weighted by atomic mass is 10.2. The van der Waals surface area contributed by atoms with E-state index in [4.69, 9.17) is 5.11 Å². The minimum absolute atomic E-state index is 0.151. The van der Waals surface area contributed by atoms with Gasteiger partial charge in [0, 0.05) is 37.2 Å². The first-order chi connectivity index (χ1) is 10.3. The van der Waals surface area contributed by atoms with Gasteiger partial charge in [0.1, 0.15) is 5.82 Å². The normalized spacial score (nSPS) is 9.95. The van der Waals surface area contributed by atoms with E-state index in [1.807, 2.05) is 36.7 Å². The quantitative estimate of drug-likeness (QED) is 0.723. The lowest BCUT2D eigenvalue weighted by Gasteiger charge is -1.91. The third kappa shape index (κ3) is 4.54. The monoisotopic (exact) mass is 281 g/mol. The van der Waals surface area contributed by atoms with Crippen LogP contribution in [-0.4, -0.2) is 26.7 Å². The third-order valence-electron chi connectivity index (χ3n) is 2.90. The zero-order valence-electron chi connectivity index (χ0n) is 11.9. The van der Waals surface area contributed by atoms with Crippen molar-refractivity contribution in [2.75, 3.05) is 6.61 Å². The highest BCUT2D eigenvalue weighted by Crippen LogP contribution is 2.07. The number of allylic oxidation sites excluding steroid dienone is 1. The van der Waals surface area contributed by atoms with Gasteiger partial charge in [0.05, 0.1) is 11.2 Å². The maximum Gasteiger partial charge on any atom is 0.110 e. The van der Waals surface area contributed by atoms with E-state index in [1.54, 1.807) is 6.08 Å². The first kappa shape index (κ1) is 14.9. The summed E-state index contributed by atoms with van der Waals surface area (Å²) in [4.78, 5) is 11.4. The van der Waals surface area contributed by atoms with Gasteiger partial charge >= 0.3 is 0 Å². The van der Waals surface area contributed by atoms with Gasteiger partial charge in [-0.25, -0.2) is 4.98 Å². The average Bonchev–Trinajstić information content (AvgIpc) is 2.96. The Balaban J connectivity index is 0.000000154. The molecule has 0 aliphatic rings. The number of fused-ring (bicyclic) bond motifs is 1. The Morgan fingerprint density at radius 2 is 2.00 bits per heavy atom. The van der Waals surface area contributed by atoms with Gasteiger partial charge in [0.15, 0.2) is 0 Å². The van der Waals surface area contributed by atoms with Gasteiger partial charge < -0.3 is 10.1 Å². The summed E-state index contributed by atoms with van der Waals surface area (Å²) in [6.45, 7) is 3.75. The topological polar surface area (TPSA) is 61.8 Å². The van der Waals surface area contributed by atoms with Crippen molar-refractivity contribution in [2.24, 2.45) is 0 Å². The van der Waals surface area contributed by atoms with E-state index in [2.05, 4.69) is 33.7 Å². The number of pyridine rings is 1. The van der Waals surface area contributed by atoms with E-state index in [-0.39, 0.29) is 6.61 Å². The number of para-hydroxylation sites is 1. The lowest BCUT2D eigenvalue weighted by Crippen LogP contribution is -1.90. The van der Waals surface area contributed by atoms with E-state index in [0.29, 0.717) is 6.42 Å². The first-order valence-corrected chi connectivity index (χ1v) is 6.88. The molecule has 0 amide bonds. The van der Waals surface area contributed by atoms with E-state index in [1.165, 1.54) is 5.39 Å². The smallest absolute Gasteiger partial charge is 0.110 e. The van der Waals surface area contributed by atoms with Crippen molar-refractivity contribution in [2.45, 2.75) is 12.8 Å². The number of nitrogens with zero attached hydrogens (tertiary/aromatic N) is 2. The van der Waals surface area contributed by atoms with E-state index < -0.39 is 0 Å². The largest absolute Gasteiger partial charge is 0.396 e. The van der Waals surface area contributed by atoms with Crippen LogP contribution in [0.25, 0.3) is 10.9 Å². The standard InChI is InChI=1S/C9H7N.C8H12N2O/c1-2-6-9-8(4-1)5-3-7-10-9;1-2-3-8-9-6-7(10-8)4-5-11/h1-7H;2,6,11H,1,3-5H2,(H,9,10). The number of hydrogen-bond donors (Lipinski definition) is 2. The van der Waals surface area contributed by atoms with Crippen molar-refractivity contribution in [3.05, 3.63) is 73.0 Å². The molecule has 0 radical (unpaired) electrons. The van der Waals surface area contributed by atoms with Crippen LogP contribution >= 0.6 is 0 Å². The summed E-state index contributed by atoms with van der Waals surface area (Å²) < 4.78 is 0. The number of hydrogen-bond acceptors (Lipinski definition) is 3. The van der Waals surface area contributed by atoms with Crippen molar-refractivity contribution in [1.82, 2.24) is 15.0 Å². The summed E-state index contributed by atoms with van der Waals surface area (Å²) in [6.07, 6.45) is 6.79. The number of aliphatic hydroxyl groups excluding tert-OH is 1. The minimum Gasteiger partial charge on any atom is -0.396 e. The van der Waals surface area contributed by atoms with Crippen molar-refractivity contribution in [3.8, 4) is 0 Å². The zero-order valence-corrected chi connectivity index (χ0v) is 11.9. The third-order valence-corrected chi connectivity index (χ3v) is 2.90. The highest BCUT2D eigenvalue weighted by molar-refractivity contribution is 5.77. The average molecular weight is 281 g/mol. The van der Waals surface area contributed by atoms with Gasteiger partial charge in [0.2, 0.25) is 0 Å². The Bertz CT molecular complexity index is 626. The molecule has 3 aromatic rings. The number of aromatic nitrogens is 3. The lowest BCUT2D eigenvalue weighted by molar-refractivity contribution is 0.298. The molecule has 0 aliphatic carbocycles. The Morgan fingerprint density at radius 1 is 1.19 bits per heavy atom. The van der Waals surface area contributed by atoms with Crippen LogP contribution in [-0.2, 0) is 12.8 Å². The molecule has 0 fully saturated rings. The molecular formula is C17H19N3O. The van der Waals surface area contributed by atoms with Crippen molar-refractivity contribution >= 4 is 10.9 Å². The highest BCUT2D eigenvalue weighted by Gasteiger charge is 1.97. The molecule has 0 aliphatic heterocycles. The molecule has 2 N–H and O–H groups in total. The first-order valence-electron chi connectivity index (χ1n) is 6.88. The molecule has 4 nitrogen and oxygen atoms in total. The summed E-state index contributed by atoms with van der Waals surface area (Å²) >= 11 is 0. The van der Waals surface area contributed by atoms with Crippen LogP contribution in [0, 0.1) is 0 Å². The molecule has 0 saturated heterocycles. The molecule has 3 rings (SSSR count). The molecule has 2 aromatic heterocycles. The summed E-state index contributed by atoms with van der Waals surface area (Å²) in [5, 5.41) is 9.78. The van der Waals surface area contributed by atoms with Crippen molar-refractivity contribution in [3.63, 3.8) is 0 Å². The summed E-state index contributed by atoms with van der Waals surface area (Å²) in [5.74, 6) is 0.906. The molecule has 0 saturated carbocycles. The van der Waals surface area contributed by atoms with Gasteiger partial charge in [-0.05, 0) is 12.1 Å². The fourth-order valence-electron chi connectivity index (χ4n) is 1.90. The molecule has 2 heterocycles. The van der Waals surface area contributed by atoms with Crippen molar-refractivity contribution in [1.29, 1.82) is 0 Å². The molecule has 0 unspecified atom stereocenters. The van der Waals surface area contributed by atoms with Crippen LogP contribution in [0.1, 0.15) is 11.5 Å². The second kappa shape index (κ2) is 7.97. The number of nitrogens with one attached hydrogen (secondary N) is 1. The fourth-order valence-corrected chi connectivity index (χ4v) is 1.90. The Labute approximate surface area is 124 Å². The molecule has 21 heavy (non-hydrogen) atoms. The van der Waals surface area contributed by atoms with Crippen LogP contribution in [0.3, 0.4) is 0 Å². The van der Waals surface area contributed by atoms with Gasteiger partial charge in [-0.1, -0.05) is 30.3 Å². The van der Waals surface area contributed by atoms with Crippen LogP contribution in [0.2, 0.25) is 0 Å². The summed E-state index contributed by atoms with van der Waals surface area (Å²) in [7, 11) is 0. The molecule has 0 spiro atoms. The maximum absolute atomic E-state index is 8.58. The second-order valence-corrected chi connectivity index (χ2v) is 4.50. The SMILES string of the molecule is C=CCc1nc(CCO)c[nH]1.c1ccc2ncccc2c1. The predicted molar refractivity (Wildman–Crippen MR) is 85.0 cm³/mol. The molecule has 4 heteroatoms. The number of benzene rings is 1. The zero-order chi connectivity index (χ0) is 14.9. The van der Waals surface area contributed by atoms with Gasteiger partial charge in [0.25, 0.3) is 0 Å². The van der Waals surface area contributed by atoms with Crippen LogP contribution in [0.4, 0.5) is 0 Å². The molecule has 0 atom stereocenters. The van der Waals surface area contributed by atoms with E-state index in [0.717, 1.165) is 23.5 Å². The minimum atomic E-state index is 0.151. The van der Waals surface area contributed by atoms with Gasteiger partial charge in [-0.2, -0.15) is 0 Å². The fraction of sp³-hybridized carbons (Fsp3) is 0.176. The Hall–Kier alpha value is -2.46. The second-order valence-electron chi connectivity index (χ2n) is 4.50. The molecule has 1 aromatic carbocycles. The Kier molecular flexibility index (Phi) is 5.67. The van der Waals surface area contributed by atoms with Gasteiger partial charge in [-0.15, -0.1) is 6.58 Å². The Morgan fingerprint density at radius 3 is 2.76 bits per heavy atom. The summed E-state index contributed by atoms with van der Waals surface area (Å²) in [5.41, 5.74) is 1.97. The van der Waals surface area contributed by atoms with Crippen LogP contribution in [0.15, 0.2) is 61.4 Å². The number of aromatic amines is 1. The predicted octanol–water partition coefficient (Wildman–Crippen LogP) is 2.91. The van der Waals surface area contributed by atoms with E-state index >= 15 is 0 Å². The van der Waals surface area contributed by atoms with Crippen molar-refractivity contribution < 1.29 is 5.11 Å². The van der Waals surface area contributed by atoms with E-state index in [9.17, 15) is 0 Å². The van der Waals surface area contributed by atoms with Crippen LogP contribution in [0.5, 0.6) is 0 Å². The molecule has 108 valence electrons. The number of rotatable bonds is 4. The van der Waals surface area contributed by atoms with Crippen LogP contribution < -0.4 is 0 Å². The molecular weight excluding hydrogens is 262 g/mol. The van der Waals surface area contributed by atoms with Gasteiger partial charge in [-0.3, -0.25) is 4.98 Å². The number of H-pyrrole nitrogens is 1. The molecule has 0 bridgehead atoms. The summed E-state index contributed by atoms with van der Waals surface area (Å²) in [6, 6.07) is 12.1. The highest BCUT2D eigenvalue weighted by atomic mass is 16.3.